The average molecular weight is 220 g/mol. The van der Waals surface area contributed by atoms with Crippen molar-refractivity contribution in [2.75, 3.05) is 6.54 Å². The smallest absolute Gasteiger partial charge is 0.140 e. The van der Waals surface area contributed by atoms with Crippen molar-refractivity contribution >= 4 is 0 Å². The highest BCUT2D eigenvalue weighted by atomic mass is 15.3. The molecule has 1 N–H and O–H groups in total. The fourth-order valence-corrected chi connectivity index (χ4v) is 1.40. The molecule has 88 valence electrons. The molecule has 4 heteroatoms. The fraction of sp³-hybridized carbons (Fsp3) is 0.667. The molecule has 0 aliphatic carbocycles. The first kappa shape index (κ1) is 12.7. The van der Waals surface area contributed by atoms with Crippen molar-refractivity contribution in [3.05, 3.63) is 12.2 Å². The minimum Gasteiger partial charge on any atom is -0.309 e. The van der Waals surface area contributed by atoms with E-state index in [2.05, 4.69) is 41.1 Å². The van der Waals surface area contributed by atoms with Gasteiger partial charge in [0.25, 0.3) is 0 Å². The third-order valence-corrected chi connectivity index (χ3v) is 2.12. The molecular weight excluding hydrogens is 200 g/mol. The van der Waals surface area contributed by atoms with E-state index in [1.165, 1.54) is 0 Å². The van der Waals surface area contributed by atoms with Crippen LogP contribution in [0.1, 0.15) is 33.0 Å². The molecule has 0 bridgehead atoms. The number of hydrogen-bond donors (Lipinski definition) is 1. The highest BCUT2D eigenvalue weighted by molar-refractivity contribution is 4.95. The van der Waals surface area contributed by atoms with Crippen LogP contribution in [0.5, 0.6) is 0 Å². The predicted molar refractivity (Wildman–Crippen MR) is 64.6 cm³/mol. The van der Waals surface area contributed by atoms with Crippen LogP contribution >= 0.6 is 0 Å². The largest absolute Gasteiger partial charge is 0.309 e. The topological polar surface area (TPSA) is 42.7 Å². The maximum absolute atomic E-state index is 4.24. The Hall–Kier alpha value is -1.34. The number of nitrogens with one attached hydrogen (secondary N) is 1. The van der Waals surface area contributed by atoms with E-state index in [9.17, 15) is 0 Å². The van der Waals surface area contributed by atoms with Crippen LogP contribution in [-0.4, -0.2) is 21.3 Å². The van der Waals surface area contributed by atoms with Gasteiger partial charge in [0.2, 0.25) is 0 Å². The molecule has 0 radical (unpaired) electrons. The van der Waals surface area contributed by atoms with Crippen LogP contribution < -0.4 is 5.32 Å². The number of hydrogen-bond acceptors (Lipinski definition) is 3. The van der Waals surface area contributed by atoms with Crippen molar-refractivity contribution in [2.45, 2.75) is 40.3 Å². The Kier molecular flexibility index (Phi) is 5.58. The Bertz CT molecular complexity index is 357. The Morgan fingerprint density at radius 2 is 2.31 bits per heavy atom. The lowest BCUT2D eigenvalue weighted by atomic mass is 10.2. The van der Waals surface area contributed by atoms with Crippen LogP contribution in [-0.2, 0) is 13.1 Å². The Balaban J connectivity index is 2.34. The van der Waals surface area contributed by atoms with E-state index < -0.39 is 0 Å². The molecule has 0 saturated carbocycles. The fourth-order valence-electron chi connectivity index (χ4n) is 1.40. The third-order valence-electron chi connectivity index (χ3n) is 2.12. The van der Waals surface area contributed by atoms with E-state index in [-0.39, 0.29) is 0 Å². The van der Waals surface area contributed by atoms with E-state index >= 15 is 0 Å². The molecule has 0 unspecified atom stereocenters. The Labute approximate surface area is 97.5 Å². The molecule has 0 amide bonds. The molecule has 0 aromatic carbocycles. The summed E-state index contributed by atoms with van der Waals surface area (Å²) in [4.78, 5) is 4.24. The molecule has 0 spiro atoms. The van der Waals surface area contributed by atoms with Crippen LogP contribution in [0.4, 0.5) is 0 Å². The van der Waals surface area contributed by atoms with Crippen LogP contribution in [0.3, 0.4) is 0 Å². The average Bonchev–Trinajstić information content (AvgIpc) is 2.64. The molecule has 0 aliphatic rings. The third kappa shape index (κ3) is 4.45. The second kappa shape index (κ2) is 7.02. The first-order valence-electron chi connectivity index (χ1n) is 5.71. The lowest BCUT2D eigenvalue weighted by Gasteiger charge is -2.08. The zero-order chi connectivity index (χ0) is 11.8. The molecule has 1 aromatic rings. The Morgan fingerprint density at radius 3 is 3.00 bits per heavy atom. The number of nitrogens with zero attached hydrogens (tertiary/aromatic N) is 3. The van der Waals surface area contributed by atoms with Crippen molar-refractivity contribution < 1.29 is 0 Å². The minimum atomic E-state index is 0.589. The summed E-state index contributed by atoms with van der Waals surface area (Å²) in [5, 5.41) is 7.52. The number of rotatable bonds is 6. The lowest BCUT2D eigenvalue weighted by molar-refractivity contribution is 0.458. The molecule has 4 nitrogen and oxygen atoms in total. The van der Waals surface area contributed by atoms with Crippen LogP contribution in [0, 0.1) is 17.8 Å². The van der Waals surface area contributed by atoms with Gasteiger partial charge in [-0.2, -0.15) is 5.10 Å². The second-order valence-electron chi connectivity index (χ2n) is 4.11. The Morgan fingerprint density at radius 1 is 1.50 bits per heavy atom. The summed E-state index contributed by atoms with van der Waals surface area (Å²) in [5.74, 6) is 7.48. The van der Waals surface area contributed by atoms with Gasteiger partial charge in [-0.05, 0) is 12.8 Å². The zero-order valence-electron chi connectivity index (χ0n) is 10.3. The summed E-state index contributed by atoms with van der Waals surface area (Å²) in [6, 6.07) is 0. The molecule has 1 rings (SSSR count). The van der Waals surface area contributed by atoms with Crippen molar-refractivity contribution in [1.82, 2.24) is 20.1 Å². The van der Waals surface area contributed by atoms with Crippen LogP contribution in [0.25, 0.3) is 0 Å². The molecule has 0 aliphatic heterocycles. The van der Waals surface area contributed by atoms with E-state index in [4.69, 9.17) is 0 Å². The molecule has 0 atom stereocenters. The summed E-state index contributed by atoms with van der Waals surface area (Å²) in [7, 11) is 0. The van der Waals surface area contributed by atoms with Gasteiger partial charge in [0.15, 0.2) is 0 Å². The highest BCUT2D eigenvalue weighted by Gasteiger charge is 2.04. The maximum Gasteiger partial charge on any atom is 0.140 e. The second-order valence-corrected chi connectivity index (χ2v) is 4.11. The SMILES string of the molecule is CC#CCCNCc1ncnn1CC(C)C. The summed E-state index contributed by atoms with van der Waals surface area (Å²) in [6.07, 6.45) is 2.50. The summed E-state index contributed by atoms with van der Waals surface area (Å²) >= 11 is 0. The molecule has 16 heavy (non-hydrogen) atoms. The molecular formula is C12H20N4. The number of aromatic nitrogens is 3. The van der Waals surface area contributed by atoms with E-state index in [0.29, 0.717) is 5.92 Å². The molecule has 0 fully saturated rings. The van der Waals surface area contributed by atoms with Gasteiger partial charge in [-0.25, -0.2) is 9.67 Å². The summed E-state index contributed by atoms with van der Waals surface area (Å²) in [5.41, 5.74) is 0. The van der Waals surface area contributed by atoms with Crippen molar-refractivity contribution in [1.29, 1.82) is 0 Å². The lowest BCUT2D eigenvalue weighted by Crippen LogP contribution is -2.19. The molecule has 1 heterocycles. The van der Waals surface area contributed by atoms with Gasteiger partial charge in [0, 0.05) is 19.5 Å². The molecule has 0 saturated heterocycles. The normalized spacial score (nSPS) is 10.2. The van der Waals surface area contributed by atoms with Gasteiger partial charge in [-0.15, -0.1) is 11.8 Å². The van der Waals surface area contributed by atoms with E-state index in [1.807, 2.05) is 11.6 Å². The van der Waals surface area contributed by atoms with Gasteiger partial charge in [0.05, 0.1) is 6.54 Å². The van der Waals surface area contributed by atoms with E-state index in [0.717, 1.165) is 31.9 Å². The quantitative estimate of drug-likeness (QED) is 0.582. The first-order valence-corrected chi connectivity index (χ1v) is 5.71. The zero-order valence-corrected chi connectivity index (χ0v) is 10.3. The summed E-state index contributed by atoms with van der Waals surface area (Å²) < 4.78 is 1.96. The molecule has 1 aromatic heterocycles. The van der Waals surface area contributed by atoms with Crippen molar-refractivity contribution in [3.63, 3.8) is 0 Å². The summed E-state index contributed by atoms with van der Waals surface area (Å²) in [6.45, 7) is 8.80. The predicted octanol–water partition coefficient (Wildman–Crippen LogP) is 1.44. The first-order chi connectivity index (χ1) is 7.74. The monoisotopic (exact) mass is 220 g/mol. The maximum atomic E-state index is 4.24. The van der Waals surface area contributed by atoms with Crippen LogP contribution in [0.2, 0.25) is 0 Å². The van der Waals surface area contributed by atoms with E-state index in [1.54, 1.807) is 6.33 Å². The van der Waals surface area contributed by atoms with Crippen molar-refractivity contribution in [3.8, 4) is 11.8 Å². The van der Waals surface area contributed by atoms with Crippen LogP contribution in [0.15, 0.2) is 6.33 Å². The van der Waals surface area contributed by atoms with Gasteiger partial charge in [-0.3, -0.25) is 0 Å². The van der Waals surface area contributed by atoms with Gasteiger partial charge >= 0.3 is 0 Å². The van der Waals surface area contributed by atoms with Crippen molar-refractivity contribution in [2.24, 2.45) is 5.92 Å². The minimum absolute atomic E-state index is 0.589. The van der Waals surface area contributed by atoms with Gasteiger partial charge < -0.3 is 5.32 Å². The highest BCUT2D eigenvalue weighted by Crippen LogP contribution is 2.00. The van der Waals surface area contributed by atoms with Gasteiger partial charge in [-0.1, -0.05) is 13.8 Å². The van der Waals surface area contributed by atoms with Gasteiger partial charge in [0.1, 0.15) is 12.2 Å². The standard InChI is InChI=1S/C12H20N4/c1-4-5-6-7-13-8-12-14-10-15-16(12)9-11(2)3/h10-11,13H,6-9H2,1-3H3.